The molecule has 0 spiro atoms. The lowest BCUT2D eigenvalue weighted by molar-refractivity contribution is -0.122. The quantitative estimate of drug-likeness (QED) is 0.278. The van der Waals surface area contributed by atoms with Crippen molar-refractivity contribution in [3.63, 3.8) is 0 Å². The number of primary amides is 1. The van der Waals surface area contributed by atoms with E-state index in [1.54, 1.807) is 24.6 Å². The number of hydrogen-bond donors (Lipinski definition) is 2. The molecule has 2 aromatic heterocycles. The summed E-state index contributed by atoms with van der Waals surface area (Å²) in [6, 6.07) is 24.8. The summed E-state index contributed by atoms with van der Waals surface area (Å²) in [4.78, 5) is 18.8. The molecule has 1 amide bonds. The van der Waals surface area contributed by atoms with Crippen molar-refractivity contribution in [3.8, 4) is 0 Å². The molecule has 1 saturated heterocycles. The predicted molar refractivity (Wildman–Crippen MR) is 154 cm³/mol. The van der Waals surface area contributed by atoms with Crippen molar-refractivity contribution in [2.75, 3.05) is 31.5 Å². The van der Waals surface area contributed by atoms with Gasteiger partial charge in [-0.3, -0.25) is 4.79 Å². The van der Waals surface area contributed by atoms with E-state index in [0.29, 0.717) is 11.3 Å². The number of carbonyl (C=O) groups is 1. The number of anilines is 1. The number of piperidine rings is 1. The fraction of sp³-hybridized carbons (Fsp3) is 0.387. The third-order valence-corrected chi connectivity index (χ3v) is 7.60. The van der Waals surface area contributed by atoms with Crippen LogP contribution in [0.25, 0.3) is 5.65 Å². The van der Waals surface area contributed by atoms with Gasteiger partial charge in [0.15, 0.2) is 5.65 Å². The van der Waals surface area contributed by atoms with E-state index in [2.05, 4.69) is 68.8 Å². The molecule has 39 heavy (non-hydrogen) atoms. The first-order valence-corrected chi connectivity index (χ1v) is 13.8. The Morgan fingerprint density at radius 3 is 2.28 bits per heavy atom. The maximum atomic E-state index is 11.8. The lowest BCUT2D eigenvalue weighted by Gasteiger charge is -2.34. The predicted octanol–water partition coefficient (Wildman–Crippen LogP) is 4.56. The zero-order chi connectivity index (χ0) is 27.2. The topological polar surface area (TPSA) is 97.8 Å². The van der Waals surface area contributed by atoms with E-state index in [0.717, 1.165) is 51.3 Å². The number of likely N-dealkylation sites (tertiary alicyclic amines) is 1. The van der Waals surface area contributed by atoms with Crippen LogP contribution in [0.5, 0.6) is 0 Å². The van der Waals surface area contributed by atoms with Crippen molar-refractivity contribution in [2.45, 2.75) is 50.7 Å². The Labute approximate surface area is 230 Å². The number of aromatic nitrogens is 3. The first-order valence-electron chi connectivity index (χ1n) is 13.8. The number of nitrogens with zero attached hydrogens (tertiary/aromatic N) is 4. The molecule has 3 N–H and O–H groups in total. The molecule has 1 aliphatic heterocycles. The van der Waals surface area contributed by atoms with Crippen LogP contribution in [-0.2, 0) is 14.9 Å². The normalized spacial score (nSPS) is 15.2. The van der Waals surface area contributed by atoms with E-state index in [9.17, 15) is 4.79 Å². The molecule has 3 heterocycles. The molecule has 1 fully saturated rings. The SMILES string of the molecule is CC(C)(C(N)=O)c1cn2nc(NCCCN3CCC(OC(c4ccccc4)c4ccccc4)CC3)ccc2n1. The van der Waals surface area contributed by atoms with Crippen LogP contribution in [0.2, 0.25) is 0 Å². The average Bonchev–Trinajstić information content (AvgIpc) is 3.40. The van der Waals surface area contributed by atoms with E-state index in [4.69, 9.17) is 10.5 Å². The molecule has 8 nitrogen and oxygen atoms in total. The summed E-state index contributed by atoms with van der Waals surface area (Å²) in [5.74, 6) is 0.371. The molecule has 0 saturated carbocycles. The van der Waals surface area contributed by atoms with Crippen molar-refractivity contribution in [1.82, 2.24) is 19.5 Å². The lowest BCUT2D eigenvalue weighted by atomic mass is 9.89. The van der Waals surface area contributed by atoms with Crippen molar-refractivity contribution in [3.05, 3.63) is 95.8 Å². The number of amides is 1. The molecule has 0 bridgehead atoms. The minimum Gasteiger partial charge on any atom is -0.369 e. The molecule has 5 rings (SSSR count). The van der Waals surface area contributed by atoms with Crippen LogP contribution in [0.4, 0.5) is 5.82 Å². The third-order valence-electron chi connectivity index (χ3n) is 7.60. The van der Waals surface area contributed by atoms with Crippen LogP contribution in [-0.4, -0.2) is 57.7 Å². The van der Waals surface area contributed by atoms with E-state index >= 15 is 0 Å². The van der Waals surface area contributed by atoms with Gasteiger partial charge in [0.2, 0.25) is 5.91 Å². The Balaban J connectivity index is 1.08. The minimum atomic E-state index is -0.843. The summed E-state index contributed by atoms with van der Waals surface area (Å²) in [5, 5.41) is 8.02. The van der Waals surface area contributed by atoms with Crippen LogP contribution >= 0.6 is 0 Å². The Kier molecular flexibility index (Phi) is 8.24. The number of benzene rings is 2. The van der Waals surface area contributed by atoms with Gasteiger partial charge in [0.25, 0.3) is 0 Å². The highest BCUT2D eigenvalue weighted by Crippen LogP contribution is 2.30. The molecule has 1 aliphatic rings. The summed E-state index contributed by atoms with van der Waals surface area (Å²) >= 11 is 0. The lowest BCUT2D eigenvalue weighted by Crippen LogP contribution is -2.38. The fourth-order valence-corrected chi connectivity index (χ4v) is 4.99. The van der Waals surface area contributed by atoms with Gasteiger partial charge in [0, 0.05) is 19.6 Å². The third kappa shape index (κ3) is 6.46. The number of carbonyl (C=O) groups excluding carboxylic acids is 1. The number of hydrogen-bond acceptors (Lipinski definition) is 6. The van der Waals surface area contributed by atoms with Crippen LogP contribution in [0.15, 0.2) is 79.0 Å². The molecular formula is C31H38N6O2. The fourth-order valence-electron chi connectivity index (χ4n) is 4.99. The monoisotopic (exact) mass is 526 g/mol. The van der Waals surface area contributed by atoms with E-state index < -0.39 is 11.3 Å². The van der Waals surface area contributed by atoms with Crippen LogP contribution < -0.4 is 11.1 Å². The summed E-state index contributed by atoms with van der Waals surface area (Å²) in [7, 11) is 0. The van der Waals surface area contributed by atoms with Crippen molar-refractivity contribution >= 4 is 17.4 Å². The van der Waals surface area contributed by atoms with Crippen molar-refractivity contribution in [1.29, 1.82) is 0 Å². The maximum absolute atomic E-state index is 11.8. The molecule has 2 aromatic carbocycles. The Morgan fingerprint density at radius 1 is 1.03 bits per heavy atom. The standard InChI is InChI=1S/C31H38N6O2/c1-31(2,30(32)38)26-22-37-28(34-26)15-14-27(35-37)33-18-9-19-36-20-16-25(17-21-36)39-29(23-10-5-3-6-11-23)24-12-7-4-8-13-24/h3-8,10-15,22,25,29H,9,16-21H2,1-2H3,(H2,32,38)(H,33,35). The van der Waals surface area contributed by atoms with E-state index in [1.807, 2.05) is 24.3 Å². The zero-order valence-electron chi connectivity index (χ0n) is 22.8. The number of rotatable bonds is 11. The van der Waals surface area contributed by atoms with Gasteiger partial charge in [-0.1, -0.05) is 60.7 Å². The molecular weight excluding hydrogens is 488 g/mol. The van der Waals surface area contributed by atoms with Gasteiger partial charge in [0.1, 0.15) is 11.9 Å². The van der Waals surface area contributed by atoms with Crippen LogP contribution in [0.3, 0.4) is 0 Å². The highest BCUT2D eigenvalue weighted by atomic mass is 16.5. The highest BCUT2D eigenvalue weighted by Gasteiger charge is 2.30. The maximum Gasteiger partial charge on any atom is 0.229 e. The van der Waals surface area contributed by atoms with Crippen molar-refractivity contribution < 1.29 is 9.53 Å². The summed E-state index contributed by atoms with van der Waals surface area (Å²) in [6.45, 7) is 7.49. The highest BCUT2D eigenvalue weighted by molar-refractivity contribution is 5.85. The molecule has 0 aliphatic carbocycles. The number of fused-ring (bicyclic) bond motifs is 1. The Hall–Kier alpha value is -3.75. The van der Waals surface area contributed by atoms with Crippen LogP contribution in [0.1, 0.15) is 56.0 Å². The van der Waals surface area contributed by atoms with Gasteiger partial charge in [0.05, 0.1) is 23.4 Å². The Morgan fingerprint density at radius 2 is 1.67 bits per heavy atom. The number of imidazole rings is 1. The minimum absolute atomic E-state index is 0.0357. The van der Waals surface area contributed by atoms with Gasteiger partial charge in [-0.25, -0.2) is 9.50 Å². The molecule has 0 radical (unpaired) electrons. The average molecular weight is 527 g/mol. The summed E-state index contributed by atoms with van der Waals surface area (Å²) < 4.78 is 8.39. The van der Waals surface area contributed by atoms with E-state index in [1.165, 1.54) is 11.1 Å². The number of ether oxygens (including phenoxy) is 1. The second kappa shape index (κ2) is 12.0. The molecule has 8 heteroatoms. The van der Waals surface area contributed by atoms with E-state index in [-0.39, 0.29) is 12.2 Å². The second-order valence-electron chi connectivity index (χ2n) is 10.8. The second-order valence-corrected chi connectivity index (χ2v) is 10.8. The summed E-state index contributed by atoms with van der Waals surface area (Å²) in [6.07, 6.45) is 5.08. The number of nitrogens with two attached hydrogens (primary N) is 1. The smallest absolute Gasteiger partial charge is 0.229 e. The van der Waals surface area contributed by atoms with Crippen molar-refractivity contribution in [2.24, 2.45) is 5.73 Å². The molecule has 4 aromatic rings. The summed E-state index contributed by atoms with van der Waals surface area (Å²) in [5.41, 5.74) is 8.41. The van der Waals surface area contributed by atoms with Gasteiger partial charge < -0.3 is 20.7 Å². The van der Waals surface area contributed by atoms with Gasteiger partial charge in [-0.2, -0.15) is 0 Å². The Bertz CT molecular complexity index is 1320. The molecule has 0 unspecified atom stereocenters. The first kappa shape index (κ1) is 26.8. The van der Waals surface area contributed by atoms with Gasteiger partial charge in [-0.15, -0.1) is 5.10 Å². The van der Waals surface area contributed by atoms with Gasteiger partial charge >= 0.3 is 0 Å². The first-order chi connectivity index (χ1) is 18.9. The van der Waals surface area contributed by atoms with Gasteiger partial charge in [-0.05, 0) is 62.9 Å². The zero-order valence-corrected chi connectivity index (χ0v) is 22.8. The largest absolute Gasteiger partial charge is 0.369 e. The molecule has 204 valence electrons. The number of nitrogens with one attached hydrogen (secondary N) is 1. The molecule has 0 atom stereocenters. The van der Waals surface area contributed by atoms with Crippen LogP contribution in [0, 0.1) is 0 Å².